The molecule has 1 aromatic rings. The van der Waals surface area contributed by atoms with Gasteiger partial charge in [0.05, 0.1) is 0 Å². The predicted octanol–water partition coefficient (Wildman–Crippen LogP) is 2.86. The highest BCUT2D eigenvalue weighted by atomic mass is 14.2. The number of hydrogen-bond donors (Lipinski definition) is 0. The van der Waals surface area contributed by atoms with Crippen LogP contribution in [0.5, 0.6) is 0 Å². The van der Waals surface area contributed by atoms with Crippen LogP contribution in [0.4, 0.5) is 0 Å². The van der Waals surface area contributed by atoms with Crippen LogP contribution in [0.3, 0.4) is 0 Å². The van der Waals surface area contributed by atoms with Crippen LogP contribution in [-0.4, -0.2) is 0 Å². The van der Waals surface area contributed by atoms with Gasteiger partial charge in [0.1, 0.15) is 0 Å². The predicted molar refractivity (Wildman–Crippen MR) is 71.2 cm³/mol. The summed E-state index contributed by atoms with van der Waals surface area (Å²) in [7, 11) is 0. The fourth-order valence-electron chi connectivity index (χ4n) is 2.87. The van der Waals surface area contributed by atoms with E-state index in [0.717, 1.165) is 0 Å². The number of allylic oxidation sites excluding steroid dienone is 4. The van der Waals surface area contributed by atoms with E-state index < -0.39 is 0 Å². The third-order valence-electron chi connectivity index (χ3n) is 3.72. The van der Waals surface area contributed by atoms with Crippen molar-refractivity contribution in [3.05, 3.63) is 45.8 Å². The van der Waals surface area contributed by atoms with Crippen LogP contribution < -0.4 is 10.4 Å². The van der Waals surface area contributed by atoms with Crippen molar-refractivity contribution in [3.8, 4) is 0 Å². The zero-order chi connectivity index (χ0) is 11.4. The fourth-order valence-corrected chi connectivity index (χ4v) is 2.87. The Kier molecular flexibility index (Phi) is 1.79. The van der Waals surface area contributed by atoms with Crippen LogP contribution in [0, 0.1) is 0 Å². The van der Waals surface area contributed by atoms with Crippen molar-refractivity contribution in [2.45, 2.75) is 27.7 Å². The molecule has 0 spiro atoms. The monoisotopic (exact) mass is 208 g/mol. The minimum absolute atomic E-state index is 1.40. The van der Waals surface area contributed by atoms with Crippen LogP contribution >= 0.6 is 0 Å². The summed E-state index contributed by atoms with van der Waals surface area (Å²) in [6.45, 7) is 8.80. The molecule has 0 heterocycles. The summed E-state index contributed by atoms with van der Waals surface area (Å²) in [5, 5.41) is 2.83. The summed E-state index contributed by atoms with van der Waals surface area (Å²) in [4.78, 5) is 0. The Balaban J connectivity index is 2.47. The highest BCUT2D eigenvalue weighted by molar-refractivity contribution is 5.87. The quantitative estimate of drug-likeness (QED) is 0.615. The maximum atomic E-state index is 2.36. The van der Waals surface area contributed by atoms with E-state index in [-0.39, 0.29) is 0 Å². The number of rotatable bonds is 0. The minimum Gasteiger partial charge on any atom is -0.0551 e. The summed E-state index contributed by atoms with van der Waals surface area (Å²) in [5.74, 6) is 0. The highest BCUT2D eigenvalue weighted by Gasteiger charge is 2.14. The smallest absolute Gasteiger partial charge is 0.0145 e. The molecule has 16 heavy (non-hydrogen) atoms. The van der Waals surface area contributed by atoms with Crippen molar-refractivity contribution in [3.63, 3.8) is 0 Å². The Bertz CT molecular complexity index is 618. The van der Waals surface area contributed by atoms with Crippen molar-refractivity contribution >= 4 is 22.3 Å². The molecular formula is C16H16. The largest absolute Gasteiger partial charge is 0.0551 e. The summed E-state index contributed by atoms with van der Waals surface area (Å²) in [5.41, 5.74) is 8.41. The van der Waals surface area contributed by atoms with Gasteiger partial charge >= 0.3 is 0 Å². The molecule has 0 nitrogen and oxygen atoms in total. The van der Waals surface area contributed by atoms with Crippen molar-refractivity contribution in [1.82, 2.24) is 0 Å². The third-order valence-corrected chi connectivity index (χ3v) is 3.72. The lowest BCUT2D eigenvalue weighted by Gasteiger charge is -2.03. The molecule has 0 saturated heterocycles. The Labute approximate surface area is 96.3 Å². The molecule has 1 aromatic carbocycles. The lowest BCUT2D eigenvalue weighted by Crippen LogP contribution is -2.16. The van der Waals surface area contributed by atoms with Gasteiger partial charge in [0, 0.05) is 0 Å². The van der Waals surface area contributed by atoms with Gasteiger partial charge in [-0.2, -0.15) is 0 Å². The van der Waals surface area contributed by atoms with Gasteiger partial charge in [0.2, 0.25) is 0 Å². The first kappa shape index (κ1) is 9.65. The maximum Gasteiger partial charge on any atom is -0.0145 e. The third kappa shape index (κ3) is 1.10. The molecule has 80 valence electrons. The van der Waals surface area contributed by atoms with Gasteiger partial charge in [-0.25, -0.2) is 0 Å². The van der Waals surface area contributed by atoms with Crippen LogP contribution in [0.15, 0.2) is 24.3 Å². The van der Waals surface area contributed by atoms with E-state index in [1.165, 1.54) is 43.9 Å². The Morgan fingerprint density at radius 1 is 0.625 bits per heavy atom. The molecular weight excluding hydrogens is 192 g/mol. The lowest BCUT2D eigenvalue weighted by atomic mass is 10.0. The molecule has 0 atom stereocenters. The van der Waals surface area contributed by atoms with Crippen molar-refractivity contribution < 1.29 is 0 Å². The zero-order valence-corrected chi connectivity index (χ0v) is 10.3. The number of hydrogen-bond acceptors (Lipinski definition) is 0. The van der Waals surface area contributed by atoms with Gasteiger partial charge in [-0.1, -0.05) is 12.2 Å². The fraction of sp³-hybridized carbons (Fsp3) is 0.250. The highest BCUT2D eigenvalue weighted by Crippen LogP contribution is 2.23. The van der Waals surface area contributed by atoms with E-state index in [9.17, 15) is 0 Å². The summed E-state index contributed by atoms with van der Waals surface area (Å²) >= 11 is 0. The molecule has 2 aliphatic rings. The standard InChI is InChI=1S/C16H16/c1-9-5-10(2)14-8-16-12(4)6-11(3)15(16)7-13(9)14/h5-8H,1-4H3. The Morgan fingerprint density at radius 3 is 1.38 bits per heavy atom. The summed E-state index contributed by atoms with van der Waals surface area (Å²) < 4.78 is 0. The topological polar surface area (TPSA) is 0 Å². The van der Waals surface area contributed by atoms with E-state index in [4.69, 9.17) is 0 Å². The molecule has 0 N–H and O–H groups in total. The molecule has 0 fully saturated rings. The second-order valence-corrected chi connectivity index (χ2v) is 4.96. The van der Waals surface area contributed by atoms with Crippen LogP contribution in [0.1, 0.15) is 38.8 Å². The second kappa shape index (κ2) is 2.98. The first-order valence-electron chi connectivity index (χ1n) is 5.81. The SMILES string of the molecule is CC1=CC(C)=c2cc3c(cc21)=C(C)C=C3C. The molecule has 0 bridgehead atoms. The average molecular weight is 208 g/mol. The molecule has 3 rings (SSSR count). The van der Waals surface area contributed by atoms with Crippen LogP contribution in [0.2, 0.25) is 0 Å². The average Bonchev–Trinajstić information content (AvgIpc) is 2.67. The van der Waals surface area contributed by atoms with Crippen molar-refractivity contribution in [2.24, 2.45) is 0 Å². The lowest BCUT2D eigenvalue weighted by molar-refractivity contribution is 1.43. The Morgan fingerprint density at radius 2 is 1.00 bits per heavy atom. The molecule has 0 unspecified atom stereocenters. The molecule has 0 saturated carbocycles. The van der Waals surface area contributed by atoms with Gasteiger partial charge in [-0.05, 0) is 83.7 Å². The van der Waals surface area contributed by atoms with E-state index in [1.54, 1.807) is 0 Å². The zero-order valence-electron chi connectivity index (χ0n) is 10.3. The summed E-state index contributed by atoms with van der Waals surface area (Å²) in [6, 6.07) is 4.71. The summed E-state index contributed by atoms with van der Waals surface area (Å²) in [6.07, 6.45) is 4.57. The van der Waals surface area contributed by atoms with Gasteiger partial charge in [0.15, 0.2) is 0 Å². The van der Waals surface area contributed by atoms with E-state index in [2.05, 4.69) is 52.0 Å². The Hall–Kier alpha value is -1.56. The van der Waals surface area contributed by atoms with Crippen molar-refractivity contribution in [2.75, 3.05) is 0 Å². The van der Waals surface area contributed by atoms with Gasteiger partial charge in [0.25, 0.3) is 0 Å². The van der Waals surface area contributed by atoms with Gasteiger partial charge < -0.3 is 0 Å². The minimum atomic E-state index is 1.40. The number of fused-ring (bicyclic) bond motifs is 2. The second-order valence-electron chi connectivity index (χ2n) is 4.96. The van der Waals surface area contributed by atoms with Crippen LogP contribution in [0.25, 0.3) is 22.3 Å². The maximum absolute atomic E-state index is 2.36. The van der Waals surface area contributed by atoms with E-state index in [0.29, 0.717) is 0 Å². The molecule has 2 aliphatic carbocycles. The van der Waals surface area contributed by atoms with Gasteiger partial charge in [-0.3, -0.25) is 0 Å². The van der Waals surface area contributed by atoms with E-state index in [1.807, 2.05) is 0 Å². The molecule has 0 heteroatoms. The normalized spacial score (nSPS) is 17.2. The van der Waals surface area contributed by atoms with E-state index >= 15 is 0 Å². The molecule has 0 aromatic heterocycles. The first-order valence-corrected chi connectivity index (χ1v) is 5.81. The molecule has 0 aliphatic heterocycles. The van der Waals surface area contributed by atoms with Gasteiger partial charge in [-0.15, -0.1) is 0 Å². The van der Waals surface area contributed by atoms with Crippen LogP contribution in [-0.2, 0) is 0 Å². The molecule has 0 radical (unpaired) electrons. The molecule has 0 amide bonds. The van der Waals surface area contributed by atoms with Crippen molar-refractivity contribution in [1.29, 1.82) is 0 Å². The first-order chi connectivity index (χ1) is 7.58. The number of benzene rings is 1.